The minimum atomic E-state index is -0.428. The molecule has 22 heavy (non-hydrogen) atoms. The van der Waals surface area contributed by atoms with Crippen LogP contribution in [0.5, 0.6) is 5.75 Å². The topological polar surface area (TPSA) is 83.1 Å². The van der Waals surface area contributed by atoms with Crippen LogP contribution in [0.3, 0.4) is 0 Å². The third-order valence-corrected chi connectivity index (χ3v) is 3.23. The molecule has 0 bridgehead atoms. The van der Waals surface area contributed by atoms with Crippen molar-refractivity contribution < 1.29 is 9.66 Å². The van der Waals surface area contributed by atoms with Crippen molar-refractivity contribution in [2.75, 3.05) is 6.61 Å². The second kappa shape index (κ2) is 5.44. The summed E-state index contributed by atoms with van der Waals surface area (Å²) in [4.78, 5) is 19.2. The largest absolute Gasteiger partial charge is 0.493 e. The van der Waals surface area contributed by atoms with E-state index in [0.717, 1.165) is 5.69 Å². The van der Waals surface area contributed by atoms with Gasteiger partial charge in [-0.1, -0.05) is 0 Å². The number of benzene rings is 1. The second-order valence-corrected chi connectivity index (χ2v) is 4.79. The Hall–Kier alpha value is -2.96. The van der Waals surface area contributed by atoms with E-state index >= 15 is 0 Å². The van der Waals surface area contributed by atoms with Crippen molar-refractivity contribution in [1.29, 1.82) is 0 Å². The average Bonchev–Trinajstić information content (AvgIpc) is 2.93. The summed E-state index contributed by atoms with van der Waals surface area (Å²) < 4.78 is 7.42. The lowest BCUT2D eigenvalue weighted by Crippen LogP contribution is -2.00. The third kappa shape index (κ3) is 2.48. The first kappa shape index (κ1) is 14.0. The number of nitrogens with zero attached hydrogens (tertiary/aromatic N) is 4. The first-order chi connectivity index (χ1) is 10.6. The van der Waals surface area contributed by atoms with Crippen LogP contribution in [0.1, 0.15) is 12.6 Å². The minimum Gasteiger partial charge on any atom is -0.493 e. The molecule has 0 atom stereocenters. The molecular formula is C15H14N4O3. The summed E-state index contributed by atoms with van der Waals surface area (Å²) in [5, 5.41) is 11.6. The molecule has 0 spiro atoms. The standard InChI is InChI=1S/C15H14N4O3/c1-3-22-14-7-15(18-8-10(2)16-9-18)17-13-5-4-11(19(20)21)6-12(13)14/h4-9H,3H2,1-2H3. The van der Waals surface area contributed by atoms with Crippen LogP contribution in [0.2, 0.25) is 0 Å². The molecule has 7 heteroatoms. The quantitative estimate of drug-likeness (QED) is 0.546. The van der Waals surface area contributed by atoms with Gasteiger partial charge in [0.25, 0.3) is 5.69 Å². The molecule has 3 aromatic rings. The van der Waals surface area contributed by atoms with E-state index in [4.69, 9.17) is 4.74 Å². The van der Waals surface area contributed by atoms with E-state index in [-0.39, 0.29) is 5.69 Å². The predicted molar refractivity (Wildman–Crippen MR) is 81.4 cm³/mol. The van der Waals surface area contributed by atoms with Crippen molar-refractivity contribution in [1.82, 2.24) is 14.5 Å². The number of nitro groups is 1. The minimum absolute atomic E-state index is 0.0153. The molecule has 0 radical (unpaired) electrons. The number of nitro benzene ring substituents is 1. The molecule has 0 aliphatic heterocycles. The van der Waals surface area contributed by atoms with E-state index in [1.807, 2.05) is 20.0 Å². The van der Waals surface area contributed by atoms with E-state index < -0.39 is 4.92 Å². The Labute approximate surface area is 126 Å². The first-order valence-electron chi connectivity index (χ1n) is 6.81. The van der Waals surface area contributed by atoms with Crippen LogP contribution < -0.4 is 4.74 Å². The van der Waals surface area contributed by atoms with E-state index in [1.54, 1.807) is 23.0 Å². The van der Waals surface area contributed by atoms with E-state index in [0.29, 0.717) is 29.1 Å². The van der Waals surface area contributed by atoms with Gasteiger partial charge in [0.05, 0.1) is 22.7 Å². The zero-order valence-corrected chi connectivity index (χ0v) is 12.2. The number of fused-ring (bicyclic) bond motifs is 1. The van der Waals surface area contributed by atoms with Crippen LogP contribution in [0.4, 0.5) is 5.69 Å². The summed E-state index contributed by atoms with van der Waals surface area (Å²) in [6.07, 6.45) is 3.53. The normalized spacial score (nSPS) is 10.8. The number of imidazole rings is 1. The van der Waals surface area contributed by atoms with Gasteiger partial charge in [0, 0.05) is 29.8 Å². The maximum absolute atomic E-state index is 10.9. The number of rotatable bonds is 4. The molecule has 0 unspecified atom stereocenters. The Bertz CT molecular complexity index is 857. The van der Waals surface area contributed by atoms with Crippen LogP contribution >= 0.6 is 0 Å². The maximum Gasteiger partial charge on any atom is 0.270 e. The van der Waals surface area contributed by atoms with Crippen LogP contribution in [-0.2, 0) is 0 Å². The molecule has 7 nitrogen and oxygen atoms in total. The lowest BCUT2D eigenvalue weighted by molar-refractivity contribution is -0.384. The van der Waals surface area contributed by atoms with Crippen molar-refractivity contribution >= 4 is 16.6 Å². The van der Waals surface area contributed by atoms with Gasteiger partial charge in [0.15, 0.2) is 0 Å². The molecule has 0 aliphatic rings. The Kier molecular flexibility index (Phi) is 3.46. The second-order valence-electron chi connectivity index (χ2n) is 4.79. The molecule has 0 N–H and O–H groups in total. The maximum atomic E-state index is 10.9. The van der Waals surface area contributed by atoms with Crippen molar-refractivity contribution in [3.05, 3.63) is 52.6 Å². The molecule has 3 rings (SSSR count). The summed E-state index contributed by atoms with van der Waals surface area (Å²) in [6, 6.07) is 6.31. The van der Waals surface area contributed by atoms with Crippen LogP contribution in [0, 0.1) is 17.0 Å². The summed E-state index contributed by atoms with van der Waals surface area (Å²) in [5.41, 5.74) is 1.53. The molecular weight excluding hydrogens is 284 g/mol. The Morgan fingerprint density at radius 2 is 2.18 bits per heavy atom. The molecule has 0 fully saturated rings. The van der Waals surface area contributed by atoms with Gasteiger partial charge in [-0.15, -0.1) is 0 Å². The number of aryl methyl sites for hydroxylation is 1. The highest BCUT2D eigenvalue weighted by Gasteiger charge is 2.13. The number of aromatic nitrogens is 3. The number of pyridine rings is 1. The summed E-state index contributed by atoms with van der Waals surface area (Å²) in [7, 11) is 0. The van der Waals surface area contributed by atoms with E-state index in [9.17, 15) is 10.1 Å². The van der Waals surface area contributed by atoms with Crippen molar-refractivity contribution in [3.63, 3.8) is 0 Å². The highest BCUT2D eigenvalue weighted by molar-refractivity contribution is 5.88. The van der Waals surface area contributed by atoms with Gasteiger partial charge < -0.3 is 4.74 Å². The van der Waals surface area contributed by atoms with Crippen LogP contribution in [0.15, 0.2) is 36.8 Å². The number of hydrogen-bond donors (Lipinski definition) is 0. The lowest BCUT2D eigenvalue weighted by atomic mass is 10.2. The fourth-order valence-electron chi connectivity index (χ4n) is 2.24. The SMILES string of the molecule is CCOc1cc(-n2cnc(C)c2)nc2ccc([N+](=O)[O-])cc12. The Morgan fingerprint density at radius 3 is 2.82 bits per heavy atom. The molecule has 0 aliphatic carbocycles. The molecule has 2 aromatic heterocycles. The summed E-state index contributed by atoms with van der Waals surface area (Å²) >= 11 is 0. The molecule has 0 saturated heterocycles. The monoisotopic (exact) mass is 298 g/mol. The van der Waals surface area contributed by atoms with Gasteiger partial charge in [-0.3, -0.25) is 14.7 Å². The lowest BCUT2D eigenvalue weighted by Gasteiger charge is -2.10. The van der Waals surface area contributed by atoms with Gasteiger partial charge in [0.1, 0.15) is 17.9 Å². The molecule has 0 amide bonds. The number of non-ortho nitro benzene ring substituents is 1. The van der Waals surface area contributed by atoms with Gasteiger partial charge in [0.2, 0.25) is 0 Å². The van der Waals surface area contributed by atoms with Crippen molar-refractivity contribution in [2.24, 2.45) is 0 Å². The van der Waals surface area contributed by atoms with Gasteiger partial charge in [-0.25, -0.2) is 9.97 Å². The van der Waals surface area contributed by atoms with Crippen molar-refractivity contribution in [3.8, 4) is 11.6 Å². The highest BCUT2D eigenvalue weighted by atomic mass is 16.6. The molecule has 2 heterocycles. The molecule has 112 valence electrons. The van der Waals surface area contributed by atoms with Gasteiger partial charge in [-0.2, -0.15) is 0 Å². The fourth-order valence-corrected chi connectivity index (χ4v) is 2.24. The number of ether oxygens (including phenoxy) is 1. The van der Waals surface area contributed by atoms with Crippen molar-refractivity contribution in [2.45, 2.75) is 13.8 Å². The Morgan fingerprint density at radius 1 is 1.36 bits per heavy atom. The number of hydrogen-bond acceptors (Lipinski definition) is 5. The first-order valence-corrected chi connectivity index (χ1v) is 6.81. The highest BCUT2D eigenvalue weighted by Crippen LogP contribution is 2.30. The zero-order chi connectivity index (χ0) is 15.7. The van der Waals surface area contributed by atoms with Crippen LogP contribution in [-0.4, -0.2) is 26.1 Å². The predicted octanol–water partition coefficient (Wildman–Crippen LogP) is 3.04. The zero-order valence-electron chi connectivity index (χ0n) is 12.2. The Balaban J connectivity index is 2.21. The van der Waals surface area contributed by atoms with E-state index in [2.05, 4.69) is 9.97 Å². The average molecular weight is 298 g/mol. The molecule has 1 aromatic carbocycles. The fraction of sp³-hybridized carbons (Fsp3) is 0.200. The van der Waals surface area contributed by atoms with E-state index in [1.165, 1.54) is 12.1 Å². The summed E-state index contributed by atoms with van der Waals surface area (Å²) in [6.45, 7) is 4.22. The summed E-state index contributed by atoms with van der Waals surface area (Å²) in [5.74, 6) is 1.22. The molecule has 0 saturated carbocycles. The third-order valence-electron chi connectivity index (χ3n) is 3.23. The smallest absolute Gasteiger partial charge is 0.270 e. The van der Waals surface area contributed by atoms with Gasteiger partial charge >= 0.3 is 0 Å². The van der Waals surface area contributed by atoms with Gasteiger partial charge in [-0.05, 0) is 19.9 Å². The van der Waals surface area contributed by atoms with Crippen LogP contribution in [0.25, 0.3) is 16.7 Å².